The summed E-state index contributed by atoms with van der Waals surface area (Å²) in [5.74, 6) is 0. The van der Waals surface area contributed by atoms with Gasteiger partial charge in [0.2, 0.25) is 5.69 Å². The zero-order valence-corrected chi connectivity index (χ0v) is 24.4. The molecule has 1 aliphatic rings. The van der Waals surface area contributed by atoms with Crippen molar-refractivity contribution in [1.82, 2.24) is 0 Å². The molecule has 0 saturated heterocycles. The highest BCUT2D eigenvalue weighted by Crippen LogP contribution is 2.54. The quantitative estimate of drug-likeness (QED) is 0.168. The lowest BCUT2D eigenvalue weighted by Gasteiger charge is -2.28. The van der Waals surface area contributed by atoms with Crippen LogP contribution < -0.4 is 4.57 Å². The number of aryl methyl sites for hydroxylation is 2. The summed E-state index contributed by atoms with van der Waals surface area (Å²) in [5.41, 5.74) is 7.56. The highest BCUT2D eigenvalue weighted by atomic mass is 32.2. The van der Waals surface area contributed by atoms with E-state index in [-0.39, 0.29) is 10.8 Å². The summed E-state index contributed by atoms with van der Waals surface area (Å²) in [6.45, 7) is 16.4. The number of rotatable bonds is 2. The normalized spacial score (nSPS) is 13.5. The van der Waals surface area contributed by atoms with E-state index >= 15 is 0 Å². The summed E-state index contributed by atoms with van der Waals surface area (Å²) in [6.07, 6.45) is 4.38. The number of hydrogen-bond donors (Lipinski definition) is 0. The van der Waals surface area contributed by atoms with Crippen LogP contribution in [0.5, 0.6) is 0 Å². The van der Waals surface area contributed by atoms with Gasteiger partial charge in [-0.25, -0.2) is 4.57 Å². The van der Waals surface area contributed by atoms with Crippen molar-refractivity contribution in [1.29, 1.82) is 0 Å². The molecule has 0 bridgehead atoms. The lowest BCUT2D eigenvalue weighted by atomic mass is 9.83. The van der Waals surface area contributed by atoms with Gasteiger partial charge in [0.05, 0.1) is 10.9 Å². The minimum atomic E-state index is 0.194. The molecular weight excluding hydrogens is 466 g/mol. The van der Waals surface area contributed by atoms with Gasteiger partial charge in [0, 0.05) is 15.9 Å². The van der Waals surface area contributed by atoms with Crippen LogP contribution in [0.1, 0.15) is 58.2 Å². The van der Waals surface area contributed by atoms with Crippen LogP contribution in [0.4, 0.5) is 0 Å². The largest absolute Gasteiger partial charge is 0.222 e. The third-order valence-corrected chi connectivity index (χ3v) is 8.95. The van der Waals surface area contributed by atoms with Crippen LogP contribution in [0.15, 0.2) is 70.6 Å². The van der Waals surface area contributed by atoms with Gasteiger partial charge in [-0.05, 0) is 86.3 Å². The maximum atomic E-state index is 2.47. The first-order valence-electron chi connectivity index (χ1n) is 13.5. The lowest BCUT2D eigenvalue weighted by Crippen LogP contribution is -2.32. The molecule has 0 fully saturated rings. The van der Waals surface area contributed by atoms with Crippen LogP contribution in [-0.4, -0.2) is 0 Å². The Morgan fingerprint density at radius 2 is 1.43 bits per heavy atom. The highest BCUT2D eigenvalue weighted by Gasteiger charge is 2.33. The fourth-order valence-electron chi connectivity index (χ4n) is 6.24. The molecule has 188 valence electrons. The van der Waals surface area contributed by atoms with E-state index in [1.54, 1.807) is 0 Å². The second kappa shape index (κ2) is 8.33. The summed E-state index contributed by atoms with van der Waals surface area (Å²) in [4.78, 5) is 2.88. The summed E-state index contributed by atoms with van der Waals surface area (Å²) in [7, 11) is 2.22. The predicted molar refractivity (Wildman–Crippen MR) is 161 cm³/mol. The molecule has 2 heterocycles. The Morgan fingerprint density at radius 3 is 2.14 bits per heavy atom. The van der Waals surface area contributed by atoms with E-state index in [4.69, 9.17) is 0 Å². The van der Waals surface area contributed by atoms with E-state index in [1.807, 2.05) is 11.8 Å². The number of hydrogen-bond acceptors (Lipinski definition) is 1. The van der Waals surface area contributed by atoms with E-state index in [2.05, 4.69) is 121 Å². The number of fused-ring (bicyclic) bond motifs is 5. The Bertz CT molecular complexity index is 1730. The van der Waals surface area contributed by atoms with Gasteiger partial charge in [0.15, 0.2) is 6.20 Å². The zero-order valence-electron chi connectivity index (χ0n) is 23.5. The highest BCUT2D eigenvalue weighted by molar-refractivity contribution is 8.00. The first kappa shape index (κ1) is 24.5. The average Bonchev–Trinajstić information content (AvgIpc) is 2.82. The molecule has 1 nitrogen and oxygen atoms in total. The summed E-state index contributed by atoms with van der Waals surface area (Å²) >= 11 is 2.02. The molecule has 0 unspecified atom stereocenters. The maximum absolute atomic E-state index is 2.47. The van der Waals surface area contributed by atoms with Crippen molar-refractivity contribution in [3.8, 4) is 11.3 Å². The molecule has 6 rings (SSSR count). The fourth-order valence-corrected chi connectivity index (χ4v) is 7.70. The van der Waals surface area contributed by atoms with Crippen LogP contribution in [-0.2, 0) is 19.9 Å². The molecule has 0 amide bonds. The summed E-state index contributed by atoms with van der Waals surface area (Å²) in [6, 6.07) is 20.9. The van der Waals surface area contributed by atoms with Crippen LogP contribution in [0, 0.1) is 17.8 Å². The van der Waals surface area contributed by atoms with Gasteiger partial charge in [-0.3, -0.25) is 0 Å². The summed E-state index contributed by atoms with van der Waals surface area (Å²) < 4.78 is 2.36. The molecule has 0 radical (unpaired) electrons. The van der Waals surface area contributed by atoms with Gasteiger partial charge in [-0.2, -0.15) is 0 Å². The smallest absolute Gasteiger partial charge is 0.200 e. The van der Waals surface area contributed by atoms with E-state index in [9.17, 15) is 0 Å². The zero-order chi connectivity index (χ0) is 26.3. The number of benzene rings is 4. The number of pyridine rings is 1. The second-order valence-corrected chi connectivity index (χ2v) is 14.5. The maximum Gasteiger partial charge on any atom is 0.222 e. The molecule has 0 atom stereocenters. The number of aromatic nitrogens is 1. The van der Waals surface area contributed by atoms with Crippen molar-refractivity contribution in [3.05, 3.63) is 77.5 Å². The van der Waals surface area contributed by atoms with Gasteiger partial charge in [-0.15, -0.1) is 0 Å². The van der Waals surface area contributed by atoms with Gasteiger partial charge in [0.25, 0.3) is 0 Å². The molecule has 1 aromatic heterocycles. The van der Waals surface area contributed by atoms with E-state index < -0.39 is 0 Å². The van der Waals surface area contributed by atoms with Gasteiger partial charge >= 0.3 is 0 Å². The van der Waals surface area contributed by atoms with Crippen molar-refractivity contribution in [2.75, 3.05) is 0 Å². The Hall–Kier alpha value is -2.84. The van der Waals surface area contributed by atoms with Crippen LogP contribution >= 0.6 is 11.8 Å². The van der Waals surface area contributed by atoms with Crippen LogP contribution in [0.2, 0.25) is 0 Å². The first-order chi connectivity index (χ1) is 17.4. The molecule has 0 spiro atoms. The standard InChI is InChI=1S/C35H38NS/c1-21-25-11-9-10-12-26(25)28(20-35(5,6)7)33-29(21)31-30-24(15-16-36(31)8)18-23-14-13-22(19-34(2,3)4)17-27(23)32(30)37-33/h9-18H,19-20H2,1-8H3/q+1. The van der Waals surface area contributed by atoms with Crippen LogP contribution in [0.3, 0.4) is 0 Å². The second-order valence-electron chi connectivity index (χ2n) is 13.4. The van der Waals surface area contributed by atoms with E-state index in [0.29, 0.717) is 0 Å². The minimum absolute atomic E-state index is 0.194. The molecular formula is C35H38NS+. The van der Waals surface area contributed by atoms with Crippen molar-refractivity contribution >= 4 is 44.1 Å². The van der Waals surface area contributed by atoms with E-state index in [0.717, 1.165) is 12.8 Å². The lowest BCUT2D eigenvalue weighted by molar-refractivity contribution is -0.659. The van der Waals surface area contributed by atoms with Gasteiger partial charge in [0.1, 0.15) is 7.05 Å². The molecule has 0 aliphatic carbocycles. The van der Waals surface area contributed by atoms with Crippen LogP contribution in [0.25, 0.3) is 43.6 Å². The predicted octanol–water partition coefficient (Wildman–Crippen LogP) is 9.59. The Kier molecular flexibility index (Phi) is 5.52. The van der Waals surface area contributed by atoms with Gasteiger partial charge < -0.3 is 0 Å². The molecule has 4 aromatic carbocycles. The van der Waals surface area contributed by atoms with Crippen molar-refractivity contribution in [2.24, 2.45) is 17.9 Å². The Labute approximate surface area is 225 Å². The average molecular weight is 505 g/mol. The molecule has 2 heteroatoms. The molecule has 0 saturated carbocycles. The SMILES string of the molecule is Cc1c2c(c(CC(C)(C)C)c3ccccc13)Sc1c3cc(CC(C)(C)C)ccc3cc3cc[n+](C)c-2c13. The Morgan fingerprint density at radius 1 is 0.730 bits per heavy atom. The molecule has 1 aliphatic heterocycles. The monoisotopic (exact) mass is 504 g/mol. The van der Waals surface area contributed by atoms with Gasteiger partial charge in [-0.1, -0.05) is 89.7 Å². The van der Waals surface area contributed by atoms with Crippen molar-refractivity contribution < 1.29 is 4.57 Å². The third-order valence-electron chi connectivity index (χ3n) is 7.67. The third kappa shape index (κ3) is 4.14. The molecule has 37 heavy (non-hydrogen) atoms. The Balaban J connectivity index is 1.76. The first-order valence-corrected chi connectivity index (χ1v) is 14.3. The fraction of sp³-hybridized carbons (Fsp3) is 0.343. The summed E-state index contributed by atoms with van der Waals surface area (Å²) in [5, 5.41) is 8.27. The van der Waals surface area contributed by atoms with Crippen molar-refractivity contribution in [2.45, 2.75) is 71.1 Å². The van der Waals surface area contributed by atoms with Crippen molar-refractivity contribution in [3.63, 3.8) is 0 Å². The minimum Gasteiger partial charge on any atom is -0.200 e. The topological polar surface area (TPSA) is 3.88 Å². The number of nitrogens with zero attached hydrogens (tertiary/aromatic N) is 1. The van der Waals surface area contributed by atoms with E-state index in [1.165, 1.54) is 70.1 Å². The molecule has 5 aromatic rings. The molecule has 0 N–H and O–H groups in total.